The van der Waals surface area contributed by atoms with Gasteiger partial charge in [-0.25, -0.2) is 9.48 Å². The van der Waals surface area contributed by atoms with Crippen LogP contribution in [0.25, 0.3) is 0 Å². The normalized spacial score (nSPS) is 10.4. The summed E-state index contributed by atoms with van der Waals surface area (Å²) in [6, 6.07) is 8.02. The zero-order valence-electron chi connectivity index (χ0n) is 10.4. The van der Waals surface area contributed by atoms with Gasteiger partial charge >= 0.3 is 5.97 Å². The summed E-state index contributed by atoms with van der Waals surface area (Å²) in [4.78, 5) is 11.8. The lowest BCUT2D eigenvalue weighted by molar-refractivity contribution is 0.0690. The van der Waals surface area contributed by atoms with E-state index in [1.165, 1.54) is 15.8 Å². The summed E-state index contributed by atoms with van der Waals surface area (Å²) in [5.41, 5.74) is 1.03. The maximum absolute atomic E-state index is 10.7. The summed E-state index contributed by atoms with van der Waals surface area (Å²) in [6.45, 7) is 1.21. The van der Waals surface area contributed by atoms with E-state index < -0.39 is 5.97 Å². The molecule has 6 nitrogen and oxygen atoms in total. The highest BCUT2D eigenvalue weighted by molar-refractivity contribution is 7.98. The first-order valence-corrected chi connectivity index (χ1v) is 6.93. The van der Waals surface area contributed by atoms with Crippen LogP contribution in [0.4, 0.5) is 5.69 Å². The number of rotatable bonds is 6. The number of aromatic nitrogens is 3. The van der Waals surface area contributed by atoms with Crippen molar-refractivity contribution in [3.8, 4) is 0 Å². The number of nitrogens with one attached hydrogen (secondary N) is 1. The average molecular weight is 278 g/mol. The van der Waals surface area contributed by atoms with Gasteiger partial charge in [0.05, 0.1) is 12.7 Å². The number of benzene rings is 1. The summed E-state index contributed by atoms with van der Waals surface area (Å²) in [5, 5.41) is 19.3. The van der Waals surface area contributed by atoms with Crippen molar-refractivity contribution in [2.75, 3.05) is 18.1 Å². The maximum atomic E-state index is 10.7. The molecule has 0 saturated heterocycles. The Bertz CT molecular complexity index is 570. The molecule has 1 aromatic carbocycles. The van der Waals surface area contributed by atoms with Gasteiger partial charge in [0.1, 0.15) is 0 Å². The van der Waals surface area contributed by atoms with E-state index in [1.54, 1.807) is 11.8 Å². The average Bonchev–Trinajstić information content (AvgIpc) is 2.88. The first kappa shape index (κ1) is 13.4. The van der Waals surface area contributed by atoms with Crippen LogP contribution >= 0.6 is 11.8 Å². The molecule has 19 heavy (non-hydrogen) atoms. The van der Waals surface area contributed by atoms with Gasteiger partial charge in [-0.15, -0.1) is 16.9 Å². The van der Waals surface area contributed by atoms with Crippen molar-refractivity contribution in [2.45, 2.75) is 11.4 Å². The van der Waals surface area contributed by atoms with Gasteiger partial charge in [-0.3, -0.25) is 0 Å². The monoisotopic (exact) mass is 278 g/mol. The second-order valence-electron chi connectivity index (χ2n) is 3.80. The molecule has 2 aromatic rings. The lowest BCUT2D eigenvalue weighted by atomic mass is 10.3. The molecule has 2 N–H and O–H groups in total. The molecule has 0 aliphatic rings. The van der Waals surface area contributed by atoms with Crippen LogP contribution in [0.15, 0.2) is 35.4 Å². The fourth-order valence-electron chi connectivity index (χ4n) is 1.60. The molecule has 0 spiro atoms. The molecule has 0 unspecified atom stereocenters. The van der Waals surface area contributed by atoms with Gasteiger partial charge in [0.15, 0.2) is 5.69 Å². The largest absolute Gasteiger partial charge is 0.476 e. The molecule has 0 fully saturated rings. The second kappa shape index (κ2) is 6.24. The SMILES string of the molecule is CSc1ccccc1NCCn1cc(C(=O)O)nn1. The van der Waals surface area contributed by atoms with E-state index in [0.29, 0.717) is 13.1 Å². The van der Waals surface area contributed by atoms with Gasteiger partial charge in [-0.05, 0) is 18.4 Å². The number of carboxylic acids is 1. The molecule has 0 aliphatic carbocycles. The van der Waals surface area contributed by atoms with Gasteiger partial charge in [0.25, 0.3) is 0 Å². The van der Waals surface area contributed by atoms with Crippen molar-refractivity contribution >= 4 is 23.4 Å². The summed E-state index contributed by atoms with van der Waals surface area (Å²) in [5.74, 6) is -1.06. The summed E-state index contributed by atoms with van der Waals surface area (Å²) < 4.78 is 1.51. The van der Waals surface area contributed by atoms with Crippen molar-refractivity contribution in [1.82, 2.24) is 15.0 Å². The van der Waals surface area contributed by atoms with E-state index in [1.807, 2.05) is 30.5 Å². The van der Waals surface area contributed by atoms with Crippen LogP contribution in [0, 0.1) is 0 Å². The molecule has 0 radical (unpaired) electrons. The van der Waals surface area contributed by atoms with Crippen LogP contribution in [0.1, 0.15) is 10.5 Å². The Morgan fingerprint density at radius 1 is 1.47 bits per heavy atom. The van der Waals surface area contributed by atoms with Crippen molar-refractivity contribution in [1.29, 1.82) is 0 Å². The molecule has 0 aliphatic heterocycles. The third-order valence-corrected chi connectivity index (χ3v) is 3.32. The fourth-order valence-corrected chi connectivity index (χ4v) is 2.18. The molecule has 1 heterocycles. The van der Waals surface area contributed by atoms with E-state index in [2.05, 4.69) is 15.6 Å². The second-order valence-corrected chi connectivity index (χ2v) is 4.65. The topological polar surface area (TPSA) is 80.0 Å². The number of hydrogen-bond donors (Lipinski definition) is 2. The number of hydrogen-bond acceptors (Lipinski definition) is 5. The summed E-state index contributed by atoms with van der Waals surface area (Å²) in [7, 11) is 0. The van der Waals surface area contributed by atoms with Crippen LogP contribution < -0.4 is 5.32 Å². The van der Waals surface area contributed by atoms with Gasteiger partial charge in [-0.1, -0.05) is 17.3 Å². The minimum atomic E-state index is -1.06. The molecular weight excluding hydrogens is 264 g/mol. The molecule has 7 heteroatoms. The first-order chi connectivity index (χ1) is 9.20. The van der Waals surface area contributed by atoms with Gasteiger partial charge in [-0.2, -0.15) is 0 Å². The number of carbonyl (C=O) groups is 1. The Morgan fingerprint density at radius 3 is 2.95 bits per heavy atom. The molecular formula is C12H14N4O2S. The minimum Gasteiger partial charge on any atom is -0.476 e. The Morgan fingerprint density at radius 2 is 2.26 bits per heavy atom. The molecule has 2 rings (SSSR count). The smallest absolute Gasteiger partial charge is 0.358 e. The van der Waals surface area contributed by atoms with E-state index in [4.69, 9.17) is 5.11 Å². The van der Waals surface area contributed by atoms with Crippen molar-refractivity contribution in [3.05, 3.63) is 36.2 Å². The Labute approximate surface area is 114 Å². The van der Waals surface area contributed by atoms with Gasteiger partial charge in [0.2, 0.25) is 0 Å². The van der Waals surface area contributed by atoms with Crippen LogP contribution in [0.5, 0.6) is 0 Å². The Kier molecular flexibility index (Phi) is 4.40. The zero-order valence-corrected chi connectivity index (χ0v) is 11.2. The number of carboxylic acid groups (broad SMARTS) is 1. The maximum Gasteiger partial charge on any atom is 0.358 e. The Hall–Kier alpha value is -2.02. The number of anilines is 1. The predicted octanol–water partition coefficient (Wildman–Crippen LogP) is 1.81. The molecule has 0 bridgehead atoms. The van der Waals surface area contributed by atoms with Crippen LogP contribution in [0.2, 0.25) is 0 Å². The predicted molar refractivity (Wildman–Crippen MR) is 73.7 cm³/mol. The molecule has 100 valence electrons. The highest BCUT2D eigenvalue weighted by Gasteiger charge is 2.07. The molecule has 0 atom stereocenters. The number of para-hydroxylation sites is 1. The van der Waals surface area contributed by atoms with E-state index in [0.717, 1.165) is 5.69 Å². The lowest BCUT2D eigenvalue weighted by Crippen LogP contribution is -2.11. The van der Waals surface area contributed by atoms with Crippen LogP contribution in [0.3, 0.4) is 0 Å². The summed E-state index contributed by atoms with van der Waals surface area (Å²) in [6.07, 6.45) is 3.45. The lowest BCUT2D eigenvalue weighted by Gasteiger charge is -2.09. The number of thioether (sulfide) groups is 1. The van der Waals surface area contributed by atoms with E-state index >= 15 is 0 Å². The first-order valence-electron chi connectivity index (χ1n) is 5.71. The third kappa shape index (κ3) is 3.47. The standard InChI is InChI=1S/C12H14N4O2S/c1-19-11-5-3-2-4-9(11)13-6-7-16-8-10(12(17)18)14-15-16/h2-5,8,13H,6-7H2,1H3,(H,17,18). The van der Waals surface area contributed by atoms with Crippen LogP contribution in [-0.4, -0.2) is 38.9 Å². The fraction of sp³-hybridized carbons (Fsp3) is 0.250. The Balaban J connectivity index is 1.90. The van der Waals surface area contributed by atoms with Gasteiger partial charge in [0, 0.05) is 17.1 Å². The minimum absolute atomic E-state index is 0.0375. The van der Waals surface area contributed by atoms with E-state index in [9.17, 15) is 4.79 Å². The van der Waals surface area contributed by atoms with Gasteiger partial charge < -0.3 is 10.4 Å². The molecule has 0 saturated carbocycles. The highest BCUT2D eigenvalue weighted by atomic mass is 32.2. The van der Waals surface area contributed by atoms with E-state index in [-0.39, 0.29) is 5.69 Å². The van der Waals surface area contributed by atoms with Crippen molar-refractivity contribution < 1.29 is 9.90 Å². The highest BCUT2D eigenvalue weighted by Crippen LogP contribution is 2.24. The quantitative estimate of drug-likeness (QED) is 0.784. The molecule has 0 amide bonds. The molecule has 1 aromatic heterocycles. The van der Waals surface area contributed by atoms with Crippen LogP contribution in [-0.2, 0) is 6.54 Å². The van der Waals surface area contributed by atoms with Crippen molar-refractivity contribution in [3.63, 3.8) is 0 Å². The number of aromatic carboxylic acids is 1. The van der Waals surface area contributed by atoms with Crippen molar-refractivity contribution in [2.24, 2.45) is 0 Å². The number of nitrogens with zero attached hydrogens (tertiary/aromatic N) is 3. The third-order valence-electron chi connectivity index (χ3n) is 2.52. The summed E-state index contributed by atoms with van der Waals surface area (Å²) >= 11 is 1.67. The zero-order chi connectivity index (χ0) is 13.7.